The number of aryl methyl sites for hydroxylation is 1. The highest BCUT2D eigenvalue weighted by Crippen LogP contribution is 2.21. The van der Waals surface area contributed by atoms with Gasteiger partial charge in [0.25, 0.3) is 0 Å². The van der Waals surface area contributed by atoms with E-state index in [1.165, 1.54) is 37.1 Å². The minimum atomic E-state index is -0.0194. The number of nitrogens with zero attached hydrogens (tertiary/aromatic N) is 4. The lowest BCUT2D eigenvalue weighted by molar-refractivity contribution is -0.127. The van der Waals surface area contributed by atoms with Crippen molar-refractivity contribution in [3.63, 3.8) is 0 Å². The molecular formula is C30H39N5O2. The summed E-state index contributed by atoms with van der Waals surface area (Å²) in [4.78, 5) is 22.3. The van der Waals surface area contributed by atoms with Crippen LogP contribution >= 0.6 is 0 Å². The first-order valence-electron chi connectivity index (χ1n) is 13.7. The number of hydrogen-bond acceptors (Lipinski definition) is 6. The molecule has 196 valence electrons. The fourth-order valence-corrected chi connectivity index (χ4v) is 5.32. The first-order valence-corrected chi connectivity index (χ1v) is 13.7. The molecule has 0 aliphatic carbocycles. The third kappa shape index (κ3) is 7.05. The maximum absolute atomic E-state index is 12.9. The Bertz CT molecular complexity index is 1150. The monoisotopic (exact) mass is 501 g/mol. The van der Waals surface area contributed by atoms with E-state index in [1.807, 2.05) is 24.3 Å². The SMILES string of the molecule is Cc1ccc(-c2noc(CN3CCCC(C(=O)NCc4ccc(CN5CCC(C)CC5)cc4)C3)n2)cc1. The number of likely N-dealkylation sites (tertiary alicyclic amines) is 2. The van der Waals surface area contributed by atoms with Crippen LogP contribution in [0.3, 0.4) is 0 Å². The average molecular weight is 502 g/mol. The van der Waals surface area contributed by atoms with Gasteiger partial charge in [-0.25, -0.2) is 0 Å². The van der Waals surface area contributed by atoms with E-state index in [2.05, 4.69) is 63.4 Å². The lowest BCUT2D eigenvalue weighted by Gasteiger charge is -2.31. The summed E-state index contributed by atoms with van der Waals surface area (Å²) < 4.78 is 5.51. The van der Waals surface area contributed by atoms with E-state index in [0.29, 0.717) is 31.3 Å². The molecule has 1 aromatic heterocycles. The molecule has 1 N–H and O–H groups in total. The molecule has 2 fully saturated rings. The highest BCUT2D eigenvalue weighted by Gasteiger charge is 2.27. The van der Waals surface area contributed by atoms with E-state index < -0.39 is 0 Å². The molecule has 2 aromatic carbocycles. The Labute approximate surface area is 220 Å². The number of hydrogen-bond donors (Lipinski definition) is 1. The van der Waals surface area contributed by atoms with Crippen molar-refractivity contribution >= 4 is 5.91 Å². The fourth-order valence-electron chi connectivity index (χ4n) is 5.32. The fraction of sp³-hybridized carbons (Fsp3) is 0.500. The smallest absolute Gasteiger partial charge is 0.241 e. The lowest BCUT2D eigenvalue weighted by atomic mass is 9.97. The van der Waals surface area contributed by atoms with Crippen LogP contribution < -0.4 is 5.32 Å². The maximum atomic E-state index is 12.9. The number of carbonyl (C=O) groups excluding carboxylic acids is 1. The molecule has 5 rings (SSSR count). The van der Waals surface area contributed by atoms with Gasteiger partial charge < -0.3 is 9.84 Å². The minimum Gasteiger partial charge on any atom is -0.352 e. The molecule has 3 aromatic rings. The molecule has 3 heterocycles. The van der Waals surface area contributed by atoms with Crippen molar-refractivity contribution in [3.8, 4) is 11.4 Å². The summed E-state index contributed by atoms with van der Waals surface area (Å²) in [6.45, 7) is 10.6. The zero-order valence-electron chi connectivity index (χ0n) is 22.2. The number of nitrogens with one attached hydrogen (secondary N) is 1. The predicted octanol–water partition coefficient (Wildman–Crippen LogP) is 4.81. The summed E-state index contributed by atoms with van der Waals surface area (Å²) in [6, 6.07) is 16.8. The number of rotatable bonds is 8. The third-order valence-electron chi connectivity index (χ3n) is 7.79. The standard InChI is InChI=1S/C30H39N5O2/c1-22-5-11-26(12-6-22)29-32-28(37-33-29)21-35-15-3-4-27(20-35)30(36)31-18-24-7-9-25(10-8-24)19-34-16-13-23(2)14-17-34/h5-12,23,27H,3-4,13-21H2,1-2H3,(H,31,36). The highest BCUT2D eigenvalue weighted by molar-refractivity contribution is 5.79. The summed E-state index contributed by atoms with van der Waals surface area (Å²) in [5.74, 6) is 2.17. The average Bonchev–Trinajstić information content (AvgIpc) is 3.38. The van der Waals surface area contributed by atoms with Gasteiger partial charge in [0.2, 0.25) is 17.6 Å². The van der Waals surface area contributed by atoms with Gasteiger partial charge in [0.15, 0.2) is 0 Å². The molecule has 0 bridgehead atoms. The van der Waals surface area contributed by atoms with Crippen molar-refractivity contribution in [3.05, 3.63) is 71.1 Å². The van der Waals surface area contributed by atoms with Gasteiger partial charge in [-0.2, -0.15) is 4.98 Å². The molecule has 1 unspecified atom stereocenters. The van der Waals surface area contributed by atoms with E-state index in [4.69, 9.17) is 4.52 Å². The molecule has 2 aliphatic rings. The van der Waals surface area contributed by atoms with Gasteiger partial charge >= 0.3 is 0 Å². The summed E-state index contributed by atoms with van der Waals surface area (Å²) in [7, 11) is 0. The van der Waals surface area contributed by atoms with Crippen molar-refractivity contribution in [1.29, 1.82) is 0 Å². The largest absolute Gasteiger partial charge is 0.352 e. The van der Waals surface area contributed by atoms with Gasteiger partial charge in [-0.1, -0.05) is 66.2 Å². The van der Waals surface area contributed by atoms with E-state index in [-0.39, 0.29) is 11.8 Å². The second kappa shape index (κ2) is 12.0. The first kappa shape index (κ1) is 25.6. The molecule has 7 nitrogen and oxygen atoms in total. The molecular weight excluding hydrogens is 462 g/mol. The van der Waals surface area contributed by atoms with Gasteiger partial charge in [-0.15, -0.1) is 0 Å². The van der Waals surface area contributed by atoms with Crippen LogP contribution in [-0.2, 0) is 24.4 Å². The number of piperidine rings is 2. The molecule has 0 radical (unpaired) electrons. The molecule has 0 saturated carbocycles. The summed E-state index contributed by atoms with van der Waals surface area (Å²) in [5, 5.41) is 7.31. The summed E-state index contributed by atoms with van der Waals surface area (Å²) in [6.07, 6.45) is 4.49. The van der Waals surface area contributed by atoms with Crippen molar-refractivity contribution in [2.45, 2.75) is 59.2 Å². The molecule has 2 saturated heterocycles. The topological polar surface area (TPSA) is 74.5 Å². The number of aromatic nitrogens is 2. The lowest BCUT2D eigenvalue weighted by Crippen LogP contribution is -2.42. The van der Waals surface area contributed by atoms with Crippen molar-refractivity contribution < 1.29 is 9.32 Å². The Morgan fingerprint density at radius 1 is 0.946 bits per heavy atom. The van der Waals surface area contributed by atoms with E-state index in [9.17, 15) is 4.79 Å². The summed E-state index contributed by atoms with van der Waals surface area (Å²) >= 11 is 0. The molecule has 0 spiro atoms. The quantitative estimate of drug-likeness (QED) is 0.478. The second-order valence-electron chi connectivity index (χ2n) is 10.9. The maximum Gasteiger partial charge on any atom is 0.241 e. The molecule has 2 aliphatic heterocycles. The van der Waals surface area contributed by atoms with Crippen LogP contribution in [0.2, 0.25) is 0 Å². The van der Waals surface area contributed by atoms with Crippen LogP contribution in [0.1, 0.15) is 55.2 Å². The molecule has 1 atom stereocenters. The highest BCUT2D eigenvalue weighted by atomic mass is 16.5. The first-order chi connectivity index (χ1) is 18.0. The second-order valence-corrected chi connectivity index (χ2v) is 10.9. The predicted molar refractivity (Wildman–Crippen MR) is 144 cm³/mol. The van der Waals surface area contributed by atoms with Crippen LogP contribution in [0.15, 0.2) is 53.1 Å². The molecule has 37 heavy (non-hydrogen) atoms. The molecule has 7 heteroatoms. The van der Waals surface area contributed by atoms with Crippen LogP contribution in [0.5, 0.6) is 0 Å². The van der Waals surface area contributed by atoms with Crippen LogP contribution in [0.25, 0.3) is 11.4 Å². The normalized spacial score (nSPS) is 19.7. The van der Waals surface area contributed by atoms with Crippen LogP contribution in [-0.4, -0.2) is 52.0 Å². The minimum absolute atomic E-state index is 0.0194. The Kier molecular flexibility index (Phi) is 8.31. The zero-order chi connectivity index (χ0) is 25.6. The van der Waals surface area contributed by atoms with Gasteiger partial charge in [0.05, 0.1) is 12.5 Å². The number of benzene rings is 2. The van der Waals surface area contributed by atoms with Crippen molar-refractivity contribution in [2.75, 3.05) is 26.2 Å². The Hall–Kier alpha value is -3.03. The third-order valence-corrected chi connectivity index (χ3v) is 7.79. The van der Waals surface area contributed by atoms with Gasteiger partial charge in [0, 0.05) is 25.2 Å². The van der Waals surface area contributed by atoms with Crippen molar-refractivity contribution in [2.24, 2.45) is 11.8 Å². The number of amides is 1. The van der Waals surface area contributed by atoms with E-state index in [0.717, 1.165) is 43.0 Å². The van der Waals surface area contributed by atoms with Crippen molar-refractivity contribution in [1.82, 2.24) is 25.3 Å². The van der Waals surface area contributed by atoms with Crippen LogP contribution in [0.4, 0.5) is 0 Å². The zero-order valence-corrected chi connectivity index (χ0v) is 22.2. The van der Waals surface area contributed by atoms with Crippen LogP contribution in [0, 0.1) is 18.8 Å². The van der Waals surface area contributed by atoms with Gasteiger partial charge in [0.1, 0.15) is 0 Å². The number of carbonyl (C=O) groups is 1. The summed E-state index contributed by atoms with van der Waals surface area (Å²) in [5.41, 5.74) is 4.64. The van der Waals surface area contributed by atoms with E-state index in [1.54, 1.807) is 0 Å². The Morgan fingerprint density at radius 3 is 2.43 bits per heavy atom. The Balaban J connectivity index is 1.08. The van der Waals surface area contributed by atoms with Gasteiger partial charge in [-0.05, 0) is 69.3 Å². The van der Waals surface area contributed by atoms with E-state index >= 15 is 0 Å². The molecule has 1 amide bonds. The van der Waals surface area contributed by atoms with Gasteiger partial charge in [-0.3, -0.25) is 14.6 Å². The Morgan fingerprint density at radius 2 is 1.68 bits per heavy atom.